The zero-order chi connectivity index (χ0) is 20.1. The Kier molecular flexibility index (Phi) is 6.25. The van der Waals surface area contributed by atoms with Crippen molar-refractivity contribution in [3.8, 4) is 11.5 Å². The predicted molar refractivity (Wildman–Crippen MR) is 118 cm³/mol. The molecular weight excluding hydrogens is 346 g/mol. The van der Waals surface area contributed by atoms with E-state index in [1.54, 1.807) is 0 Å². The van der Waals surface area contributed by atoms with Crippen LogP contribution in [0.1, 0.15) is 37.5 Å². The fraction of sp³-hybridized carbons (Fsp3) is 0.360. The maximum Gasteiger partial charge on any atom is 0.123 e. The number of nitrogens with two attached hydrogens (primary N) is 1. The van der Waals surface area contributed by atoms with E-state index in [1.807, 2.05) is 6.07 Å². The molecule has 0 spiro atoms. The largest absolute Gasteiger partial charge is 0.490 e. The first-order valence-electron chi connectivity index (χ1n) is 9.97. The standard InChI is InChI=1S/C25H31NO2/c1-18-9-11-22(25(2,3)4)24(17-18)28-16-15-27-23-12-10-19-7-5-6-8-20(19)21(23)13-14-26/h5-12,17H,13-16,26H2,1-4H3. The smallest absolute Gasteiger partial charge is 0.123 e. The highest BCUT2D eigenvalue weighted by Gasteiger charge is 2.19. The molecule has 3 heteroatoms. The van der Waals surface area contributed by atoms with Crippen LogP contribution in [-0.4, -0.2) is 19.8 Å². The van der Waals surface area contributed by atoms with Crippen molar-refractivity contribution in [1.29, 1.82) is 0 Å². The second-order valence-electron chi connectivity index (χ2n) is 8.25. The van der Waals surface area contributed by atoms with Gasteiger partial charge in [-0.1, -0.05) is 63.2 Å². The van der Waals surface area contributed by atoms with Gasteiger partial charge in [0.1, 0.15) is 24.7 Å². The summed E-state index contributed by atoms with van der Waals surface area (Å²) in [6, 6.07) is 18.9. The Balaban J connectivity index is 1.71. The van der Waals surface area contributed by atoms with Crippen LogP contribution < -0.4 is 15.2 Å². The van der Waals surface area contributed by atoms with E-state index in [2.05, 4.69) is 76.2 Å². The average Bonchev–Trinajstić information content (AvgIpc) is 2.65. The molecule has 148 valence electrons. The molecule has 0 amide bonds. The van der Waals surface area contributed by atoms with E-state index < -0.39 is 0 Å². The summed E-state index contributed by atoms with van der Waals surface area (Å²) in [6.45, 7) is 10.3. The fourth-order valence-corrected chi connectivity index (χ4v) is 3.53. The molecule has 0 saturated carbocycles. The SMILES string of the molecule is Cc1ccc(C(C)(C)C)c(OCCOc2ccc3ccccc3c2CCN)c1. The maximum absolute atomic E-state index is 6.10. The molecule has 28 heavy (non-hydrogen) atoms. The molecule has 0 aromatic heterocycles. The summed E-state index contributed by atoms with van der Waals surface area (Å²) in [5.41, 5.74) is 9.47. The van der Waals surface area contributed by atoms with Gasteiger partial charge in [-0.15, -0.1) is 0 Å². The van der Waals surface area contributed by atoms with Crippen LogP contribution in [0.5, 0.6) is 11.5 Å². The van der Waals surface area contributed by atoms with Crippen LogP contribution in [0.4, 0.5) is 0 Å². The summed E-state index contributed by atoms with van der Waals surface area (Å²) in [4.78, 5) is 0. The fourth-order valence-electron chi connectivity index (χ4n) is 3.53. The van der Waals surface area contributed by atoms with Crippen LogP contribution in [0.3, 0.4) is 0 Å². The lowest BCUT2D eigenvalue weighted by molar-refractivity contribution is 0.213. The highest BCUT2D eigenvalue weighted by atomic mass is 16.5. The van der Waals surface area contributed by atoms with Crippen molar-refractivity contribution in [3.63, 3.8) is 0 Å². The van der Waals surface area contributed by atoms with Gasteiger partial charge in [0.2, 0.25) is 0 Å². The summed E-state index contributed by atoms with van der Waals surface area (Å²) in [5, 5.41) is 2.42. The van der Waals surface area contributed by atoms with E-state index in [-0.39, 0.29) is 5.41 Å². The minimum atomic E-state index is 0.0382. The van der Waals surface area contributed by atoms with E-state index in [9.17, 15) is 0 Å². The summed E-state index contributed by atoms with van der Waals surface area (Å²) in [5.74, 6) is 1.84. The predicted octanol–water partition coefficient (Wildman–Crippen LogP) is 5.40. The molecular formula is C25H31NO2. The van der Waals surface area contributed by atoms with Gasteiger partial charge in [0.15, 0.2) is 0 Å². The molecule has 3 aromatic rings. The highest BCUT2D eigenvalue weighted by Crippen LogP contribution is 2.32. The molecule has 0 atom stereocenters. The van der Waals surface area contributed by atoms with Gasteiger partial charge in [-0.05, 0) is 59.3 Å². The summed E-state index contributed by atoms with van der Waals surface area (Å²) >= 11 is 0. The van der Waals surface area contributed by atoms with Gasteiger partial charge >= 0.3 is 0 Å². The molecule has 0 heterocycles. The normalized spacial score (nSPS) is 11.6. The van der Waals surface area contributed by atoms with Crippen LogP contribution >= 0.6 is 0 Å². The number of aryl methyl sites for hydroxylation is 1. The van der Waals surface area contributed by atoms with Crippen LogP contribution in [0, 0.1) is 6.92 Å². The number of rotatable bonds is 7. The number of benzene rings is 3. The molecule has 0 aliphatic heterocycles. The monoisotopic (exact) mass is 377 g/mol. The topological polar surface area (TPSA) is 44.5 Å². The minimum Gasteiger partial charge on any atom is -0.490 e. The minimum absolute atomic E-state index is 0.0382. The van der Waals surface area contributed by atoms with Crippen LogP contribution in [-0.2, 0) is 11.8 Å². The van der Waals surface area contributed by atoms with Gasteiger partial charge in [-0.25, -0.2) is 0 Å². The van der Waals surface area contributed by atoms with Crippen LogP contribution in [0.15, 0.2) is 54.6 Å². The van der Waals surface area contributed by atoms with Crippen LogP contribution in [0.25, 0.3) is 10.8 Å². The first-order valence-corrected chi connectivity index (χ1v) is 9.97. The molecule has 0 bridgehead atoms. The number of fused-ring (bicyclic) bond motifs is 1. The highest BCUT2D eigenvalue weighted by molar-refractivity contribution is 5.87. The Hall–Kier alpha value is -2.52. The van der Waals surface area contributed by atoms with Gasteiger partial charge in [-0.3, -0.25) is 0 Å². The zero-order valence-electron chi connectivity index (χ0n) is 17.4. The third-order valence-electron chi connectivity index (χ3n) is 4.94. The molecule has 3 aromatic carbocycles. The van der Waals surface area contributed by atoms with E-state index in [1.165, 1.54) is 27.5 Å². The van der Waals surface area contributed by atoms with Crippen molar-refractivity contribution in [3.05, 3.63) is 71.3 Å². The average molecular weight is 378 g/mol. The lowest BCUT2D eigenvalue weighted by Gasteiger charge is -2.23. The second kappa shape index (κ2) is 8.66. The molecule has 0 fully saturated rings. The number of ether oxygens (including phenoxy) is 2. The van der Waals surface area contributed by atoms with E-state index >= 15 is 0 Å². The Bertz CT molecular complexity index is 941. The molecule has 0 unspecified atom stereocenters. The molecule has 0 radical (unpaired) electrons. The Morgan fingerprint density at radius 1 is 0.857 bits per heavy atom. The van der Waals surface area contributed by atoms with Gasteiger partial charge in [-0.2, -0.15) is 0 Å². The van der Waals surface area contributed by atoms with Crippen molar-refractivity contribution in [1.82, 2.24) is 0 Å². The van der Waals surface area contributed by atoms with Gasteiger partial charge in [0, 0.05) is 5.56 Å². The summed E-state index contributed by atoms with van der Waals surface area (Å²) in [7, 11) is 0. The van der Waals surface area contributed by atoms with E-state index in [0.717, 1.165) is 17.9 Å². The van der Waals surface area contributed by atoms with Crippen LogP contribution in [0.2, 0.25) is 0 Å². The van der Waals surface area contributed by atoms with Crippen molar-refractivity contribution < 1.29 is 9.47 Å². The quantitative estimate of drug-likeness (QED) is 0.560. The van der Waals surface area contributed by atoms with E-state index in [4.69, 9.17) is 15.2 Å². The third-order valence-corrected chi connectivity index (χ3v) is 4.94. The molecule has 0 aliphatic carbocycles. The lowest BCUT2D eigenvalue weighted by Crippen LogP contribution is -2.16. The first-order chi connectivity index (χ1) is 13.4. The molecule has 0 aliphatic rings. The summed E-state index contributed by atoms with van der Waals surface area (Å²) in [6.07, 6.45) is 0.795. The van der Waals surface area contributed by atoms with Crippen molar-refractivity contribution >= 4 is 10.8 Å². The van der Waals surface area contributed by atoms with Gasteiger partial charge < -0.3 is 15.2 Å². The Morgan fingerprint density at radius 3 is 2.29 bits per heavy atom. The molecule has 0 saturated heterocycles. The maximum atomic E-state index is 6.10. The first kappa shape index (κ1) is 20.2. The second-order valence-corrected chi connectivity index (χ2v) is 8.25. The van der Waals surface area contributed by atoms with Gasteiger partial charge in [0.05, 0.1) is 0 Å². The van der Waals surface area contributed by atoms with Crippen molar-refractivity contribution in [2.45, 2.75) is 39.5 Å². The van der Waals surface area contributed by atoms with Crippen molar-refractivity contribution in [2.24, 2.45) is 5.73 Å². The Morgan fingerprint density at radius 2 is 1.57 bits per heavy atom. The van der Waals surface area contributed by atoms with Crippen molar-refractivity contribution in [2.75, 3.05) is 19.8 Å². The number of hydrogen-bond acceptors (Lipinski definition) is 3. The van der Waals surface area contributed by atoms with Gasteiger partial charge in [0.25, 0.3) is 0 Å². The lowest BCUT2D eigenvalue weighted by atomic mass is 9.86. The molecule has 3 nitrogen and oxygen atoms in total. The number of hydrogen-bond donors (Lipinski definition) is 1. The van der Waals surface area contributed by atoms with E-state index in [0.29, 0.717) is 19.8 Å². The molecule has 3 rings (SSSR count). The third kappa shape index (κ3) is 4.66. The zero-order valence-corrected chi connectivity index (χ0v) is 17.4. The molecule has 2 N–H and O–H groups in total. The summed E-state index contributed by atoms with van der Waals surface area (Å²) < 4.78 is 12.2. The Labute approximate surface area is 168 Å².